The molecule has 140 valence electrons. The predicted molar refractivity (Wildman–Crippen MR) is 110 cm³/mol. The van der Waals surface area contributed by atoms with Crippen LogP contribution in [-0.2, 0) is 0 Å². The molecule has 0 unspecified atom stereocenters. The van der Waals surface area contributed by atoms with E-state index in [4.69, 9.17) is 4.74 Å². The molecule has 0 aliphatic rings. The van der Waals surface area contributed by atoms with Crippen molar-refractivity contribution < 1.29 is 9.66 Å². The van der Waals surface area contributed by atoms with E-state index in [0.29, 0.717) is 5.71 Å². The minimum atomic E-state index is -0.427. The Morgan fingerprint density at radius 1 is 0.750 bits per heavy atom. The van der Waals surface area contributed by atoms with Crippen molar-refractivity contribution in [2.75, 3.05) is 0 Å². The van der Waals surface area contributed by atoms with Crippen molar-refractivity contribution >= 4 is 17.1 Å². The summed E-state index contributed by atoms with van der Waals surface area (Å²) in [5.41, 5.74) is 3.20. The second-order valence-electron chi connectivity index (χ2n) is 6.11. The van der Waals surface area contributed by atoms with Crippen molar-refractivity contribution in [3.63, 3.8) is 0 Å². The van der Waals surface area contributed by atoms with Crippen molar-refractivity contribution in [3.8, 4) is 11.5 Å². The smallest absolute Gasteiger partial charge is 0.269 e. The van der Waals surface area contributed by atoms with E-state index in [1.807, 2.05) is 68.4 Å². The van der Waals surface area contributed by atoms with E-state index in [-0.39, 0.29) is 5.69 Å². The molecule has 0 radical (unpaired) electrons. The Labute approximate surface area is 163 Å². The van der Waals surface area contributed by atoms with Gasteiger partial charge in [0.15, 0.2) is 0 Å². The molecule has 0 fully saturated rings. The molecule has 6 nitrogen and oxygen atoms in total. The van der Waals surface area contributed by atoms with Crippen LogP contribution >= 0.6 is 0 Å². The molecule has 28 heavy (non-hydrogen) atoms. The van der Waals surface area contributed by atoms with Gasteiger partial charge in [-0.15, -0.1) is 0 Å². The summed E-state index contributed by atoms with van der Waals surface area (Å²) >= 11 is 0. The molecule has 0 aromatic heterocycles. The maximum Gasteiger partial charge on any atom is 0.269 e. The molecular weight excluding hydrogens is 354 g/mol. The molecule has 0 atom stereocenters. The molecule has 0 aliphatic carbocycles. The zero-order chi connectivity index (χ0) is 19.9. The molecule has 0 N–H and O–H groups in total. The average molecular weight is 373 g/mol. The number of hydrogen-bond acceptors (Lipinski definition) is 5. The summed E-state index contributed by atoms with van der Waals surface area (Å²) in [6, 6.07) is 23.4. The maximum absolute atomic E-state index is 10.7. The van der Waals surface area contributed by atoms with Gasteiger partial charge in [0.05, 0.1) is 16.3 Å². The van der Waals surface area contributed by atoms with Gasteiger partial charge in [-0.3, -0.25) is 10.1 Å². The largest absolute Gasteiger partial charge is 0.457 e. The van der Waals surface area contributed by atoms with Gasteiger partial charge in [0.1, 0.15) is 11.5 Å². The Bertz CT molecular complexity index is 1010. The van der Waals surface area contributed by atoms with Crippen molar-refractivity contribution in [2.24, 2.45) is 10.2 Å². The van der Waals surface area contributed by atoms with E-state index in [1.165, 1.54) is 12.1 Å². The number of hydrogen-bond donors (Lipinski definition) is 0. The third-order valence-corrected chi connectivity index (χ3v) is 4.10. The second kappa shape index (κ2) is 8.73. The minimum Gasteiger partial charge on any atom is -0.457 e. The van der Waals surface area contributed by atoms with Crippen LogP contribution in [0.5, 0.6) is 11.5 Å². The van der Waals surface area contributed by atoms with Crippen LogP contribution in [0.4, 0.5) is 5.69 Å². The van der Waals surface area contributed by atoms with Crippen molar-refractivity contribution in [3.05, 3.63) is 100 Å². The summed E-state index contributed by atoms with van der Waals surface area (Å²) < 4.78 is 5.78. The first-order valence-electron chi connectivity index (χ1n) is 8.70. The van der Waals surface area contributed by atoms with Gasteiger partial charge in [-0.2, -0.15) is 10.2 Å². The summed E-state index contributed by atoms with van der Waals surface area (Å²) in [4.78, 5) is 10.3. The molecular formula is C22H19N3O3. The number of rotatable bonds is 6. The Hall–Kier alpha value is -3.80. The van der Waals surface area contributed by atoms with Gasteiger partial charge in [0, 0.05) is 12.1 Å². The lowest BCUT2D eigenvalue weighted by molar-refractivity contribution is -0.384. The van der Waals surface area contributed by atoms with Gasteiger partial charge in [0.2, 0.25) is 0 Å². The summed E-state index contributed by atoms with van der Waals surface area (Å²) in [5, 5.41) is 19.2. The van der Waals surface area contributed by atoms with E-state index in [1.54, 1.807) is 12.1 Å². The van der Waals surface area contributed by atoms with Gasteiger partial charge < -0.3 is 4.74 Å². The molecule has 0 saturated carbocycles. The molecule has 3 rings (SSSR count). The highest BCUT2D eigenvalue weighted by Crippen LogP contribution is 2.21. The van der Waals surface area contributed by atoms with Crippen LogP contribution in [0.3, 0.4) is 0 Å². The standard InChI is InChI=1S/C22H19N3O3/c1-16(18-8-12-20(13-9-18)25(26)27)23-24-17(2)19-10-14-22(15-11-19)28-21-6-4-3-5-7-21/h3-15H,1-2H3/b23-16+,24-17+. The number of benzene rings is 3. The van der Waals surface area contributed by atoms with E-state index in [0.717, 1.165) is 28.3 Å². The van der Waals surface area contributed by atoms with Crippen LogP contribution in [0, 0.1) is 10.1 Å². The zero-order valence-corrected chi connectivity index (χ0v) is 15.6. The number of para-hydroxylation sites is 1. The number of nitro benzene ring substituents is 1. The lowest BCUT2D eigenvalue weighted by Gasteiger charge is -2.06. The monoisotopic (exact) mass is 373 g/mol. The predicted octanol–water partition coefficient (Wildman–Crippen LogP) is 5.62. The number of non-ortho nitro benzene ring substituents is 1. The third-order valence-electron chi connectivity index (χ3n) is 4.10. The molecule has 0 bridgehead atoms. The number of ether oxygens (including phenoxy) is 1. The zero-order valence-electron chi connectivity index (χ0n) is 15.6. The topological polar surface area (TPSA) is 77.1 Å². The summed E-state index contributed by atoms with van der Waals surface area (Å²) in [6.45, 7) is 3.69. The minimum absolute atomic E-state index is 0.0500. The van der Waals surface area contributed by atoms with E-state index in [2.05, 4.69) is 10.2 Å². The molecule has 0 saturated heterocycles. The molecule has 3 aromatic rings. The third kappa shape index (κ3) is 4.88. The lowest BCUT2D eigenvalue weighted by Crippen LogP contribution is -1.97. The van der Waals surface area contributed by atoms with Crippen LogP contribution in [-0.4, -0.2) is 16.3 Å². The highest BCUT2D eigenvalue weighted by molar-refractivity contribution is 6.01. The highest BCUT2D eigenvalue weighted by Gasteiger charge is 2.05. The molecule has 0 amide bonds. The Morgan fingerprint density at radius 2 is 1.21 bits per heavy atom. The average Bonchev–Trinajstić information content (AvgIpc) is 2.73. The van der Waals surface area contributed by atoms with Crippen molar-refractivity contribution in [1.29, 1.82) is 0 Å². The van der Waals surface area contributed by atoms with Gasteiger partial charge in [0.25, 0.3) is 5.69 Å². The molecule has 0 heterocycles. The molecule has 6 heteroatoms. The SMILES string of the molecule is C/C(=N\N=C(/C)c1ccc([N+](=O)[O-])cc1)c1ccc(Oc2ccccc2)cc1. The highest BCUT2D eigenvalue weighted by atomic mass is 16.6. The quantitative estimate of drug-likeness (QED) is 0.320. The maximum atomic E-state index is 10.7. The number of nitrogens with zero attached hydrogens (tertiary/aromatic N) is 3. The fourth-order valence-electron chi connectivity index (χ4n) is 2.48. The van der Waals surface area contributed by atoms with E-state index in [9.17, 15) is 10.1 Å². The Kier molecular flexibility index (Phi) is 5.91. The van der Waals surface area contributed by atoms with Gasteiger partial charge in [-0.1, -0.05) is 18.2 Å². The van der Waals surface area contributed by atoms with Crippen LogP contribution in [0.1, 0.15) is 25.0 Å². The number of nitro groups is 1. The first-order chi connectivity index (χ1) is 13.5. The normalized spacial score (nSPS) is 11.9. The molecule has 0 spiro atoms. The second-order valence-corrected chi connectivity index (χ2v) is 6.11. The van der Waals surface area contributed by atoms with Gasteiger partial charge >= 0.3 is 0 Å². The summed E-state index contributed by atoms with van der Waals surface area (Å²) in [5.74, 6) is 1.53. The van der Waals surface area contributed by atoms with Gasteiger partial charge in [-0.25, -0.2) is 0 Å². The first-order valence-corrected chi connectivity index (χ1v) is 8.70. The van der Waals surface area contributed by atoms with Crippen LogP contribution in [0.25, 0.3) is 0 Å². The molecule has 0 aliphatic heterocycles. The van der Waals surface area contributed by atoms with Crippen LogP contribution < -0.4 is 4.74 Å². The van der Waals surface area contributed by atoms with Crippen LogP contribution in [0.2, 0.25) is 0 Å². The Balaban J connectivity index is 1.70. The van der Waals surface area contributed by atoms with Gasteiger partial charge in [-0.05, 0) is 73.5 Å². The lowest BCUT2D eigenvalue weighted by atomic mass is 10.1. The summed E-state index contributed by atoms with van der Waals surface area (Å²) in [6.07, 6.45) is 0. The van der Waals surface area contributed by atoms with Crippen molar-refractivity contribution in [1.82, 2.24) is 0 Å². The molecule has 3 aromatic carbocycles. The summed E-state index contributed by atoms with van der Waals surface area (Å²) in [7, 11) is 0. The fraction of sp³-hybridized carbons (Fsp3) is 0.0909. The van der Waals surface area contributed by atoms with E-state index < -0.39 is 4.92 Å². The Morgan fingerprint density at radius 3 is 1.71 bits per heavy atom. The first kappa shape index (κ1) is 19.0. The van der Waals surface area contributed by atoms with Crippen LogP contribution in [0.15, 0.2) is 89.1 Å². The van der Waals surface area contributed by atoms with Crippen molar-refractivity contribution in [2.45, 2.75) is 13.8 Å². The van der Waals surface area contributed by atoms with E-state index >= 15 is 0 Å². The fourth-order valence-corrected chi connectivity index (χ4v) is 2.48.